The Hall–Kier alpha value is -1.02. The summed E-state index contributed by atoms with van der Waals surface area (Å²) in [5, 5.41) is 3.40. The van der Waals surface area contributed by atoms with Crippen molar-refractivity contribution in [3.05, 3.63) is 29.3 Å². The van der Waals surface area contributed by atoms with Gasteiger partial charge in [0.1, 0.15) is 12.4 Å². The Morgan fingerprint density at radius 1 is 1.25 bits per heavy atom. The van der Waals surface area contributed by atoms with Crippen LogP contribution in [-0.4, -0.2) is 19.2 Å². The Morgan fingerprint density at radius 3 is 2.62 bits per heavy atom. The molecule has 1 aromatic carbocycles. The lowest BCUT2D eigenvalue weighted by Gasteiger charge is -2.15. The average Bonchev–Trinajstić information content (AvgIpc) is 2.28. The minimum atomic E-state index is 0.404. The molecular weight excluding hydrogens is 198 g/mol. The van der Waals surface area contributed by atoms with Crippen LogP contribution >= 0.6 is 0 Å². The van der Waals surface area contributed by atoms with Crippen molar-refractivity contribution in [2.24, 2.45) is 0 Å². The molecule has 16 heavy (non-hydrogen) atoms. The van der Waals surface area contributed by atoms with E-state index in [1.165, 1.54) is 11.1 Å². The molecule has 1 N–H and O–H groups in total. The molecule has 0 saturated heterocycles. The van der Waals surface area contributed by atoms with E-state index in [1.807, 2.05) is 6.07 Å². The van der Waals surface area contributed by atoms with Crippen LogP contribution in [0.25, 0.3) is 0 Å². The van der Waals surface area contributed by atoms with E-state index in [1.54, 1.807) is 0 Å². The van der Waals surface area contributed by atoms with Crippen LogP contribution in [0, 0.1) is 13.8 Å². The zero-order valence-corrected chi connectivity index (χ0v) is 10.8. The fourth-order valence-corrected chi connectivity index (χ4v) is 1.47. The SMILES string of the molecule is CCCNC(C)COc1ccc(C)c(C)c1. The van der Waals surface area contributed by atoms with Crippen LogP contribution in [0.1, 0.15) is 31.4 Å². The highest BCUT2D eigenvalue weighted by molar-refractivity contribution is 5.33. The first-order chi connectivity index (χ1) is 7.63. The van der Waals surface area contributed by atoms with Crippen LogP contribution in [0.15, 0.2) is 18.2 Å². The predicted octanol–water partition coefficient (Wildman–Crippen LogP) is 3.07. The maximum Gasteiger partial charge on any atom is 0.119 e. The number of rotatable bonds is 6. The Kier molecular flexibility index (Phi) is 5.33. The van der Waals surface area contributed by atoms with Crippen LogP contribution in [0.2, 0.25) is 0 Å². The molecule has 0 fully saturated rings. The van der Waals surface area contributed by atoms with Crippen molar-refractivity contribution < 1.29 is 4.74 Å². The van der Waals surface area contributed by atoms with Crippen molar-refractivity contribution >= 4 is 0 Å². The Bertz CT molecular complexity index is 323. The molecular formula is C14H23NO. The van der Waals surface area contributed by atoms with Gasteiger partial charge < -0.3 is 10.1 Å². The van der Waals surface area contributed by atoms with E-state index >= 15 is 0 Å². The van der Waals surface area contributed by atoms with Gasteiger partial charge in [0.2, 0.25) is 0 Å². The molecule has 1 atom stereocenters. The summed E-state index contributed by atoms with van der Waals surface area (Å²) in [6.07, 6.45) is 1.16. The minimum Gasteiger partial charge on any atom is -0.492 e. The van der Waals surface area contributed by atoms with Crippen molar-refractivity contribution in [1.29, 1.82) is 0 Å². The first-order valence-electron chi connectivity index (χ1n) is 6.07. The zero-order chi connectivity index (χ0) is 12.0. The van der Waals surface area contributed by atoms with Crippen molar-refractivity contribution in [3.8, 4) is 5.75 Å². The second-order valence-electron chi connectivity index (χ2n) is 4.41. The number of benzene rings is 1. The summed E-state index contributed by atoms with van der Waals surface area (Å²) in [5.74, 6) is 0.966. The normalized spacial score (nSPS) is 12.5. The van der Waals surface area contributed by atoms with Crippen molar-refractivity contribution in [3.63, 3.8) is 0 Å². The van der Waals surface area contributed by atoms with Crippen LogP contribution in [-0.2, 0) is 0 Å². The van der Waals surface area contributed by atoms with Gasteiger partial charge >= 0.3 is 0 Å². The number of hydrogen-bond acceptors (Lipinski definition) is 2. The van der Waals surface area contributed by atoms with Crippen LogP contribution in [0.3, 0.4) is 0 Å². The Balaban J connectivity index is 2.39. The third-order valence-electron chi connectivity index (χ3n) is 2.72. The van der Waals surface area contributed by atoms with E-state index in [2.05, 4.69) is 45.1 Å². The first-order valence-corrected chi connectivity index (χ1v) is 6.07. The minimum absolute atomic E-state index is 0.404. The molecule has 1 rings (SSSR count). The van der Waals surface area contributed by atoms with Crippen molar-refractivity contribution in [2.75, 3.05) is 13.2 Å². The van der Waals surface area contributed by atoms with Gasteiger partial charge in [0.15, 0.2) is 0 Å². The van der Waals surface area contributed by atoms with Gasteiger partial charge in [-0.15, -0.1) is 0 Å². The monoisotopic (exact) mass is 221 g/mol. The summed E-state index contributed by atoms with van der Waals surface area (Å²) < 4.78 is 5.74. The number of ether oxygens (including phenoxy) is 1. The smallest absolute Gasteiger partial charge is 0.119 e. The lowest BCUT2D eigenvalue weighted by molar-refractivity contribution is 0.273. The molecule has 0 spiro atoms. The van der Waals surface area contributed by atoms with Gasteiger partial charge in [0.25, 0.3) is 0 Å². The van der Waals surface area contributed by atoms with E-state index in [0.29, 0.717) is 6.04 Å². The largest absolute Gasteiger partial charge is 0.492 e. The Labute approximate surface area is 99.0 Å². The van der Waals surface area contributed by atoms with Gasteiger partial charge in [-0.25, -0.2) is 0 Å². The van der Waals surface area contributed by atoms with Gasteiger partial charge in [-0.1, -0.05) is 13.0 Å². The molecule has 0 saturated carbocycles. The third-order valence-corrected chi connectivity index (χ3v) is 2.72. The van der Waals surface area contributed by atoms with E-state index in [0.717, 1.165) is 25.3 Å². The van der Waals surface area contributed by atoms with Crippen LogP contribution < -0.4 is 10.1 Å². The highest BCUT2D eigenvalue weighted by atomic mass is 16.5. The molecule has 0 amide bonds. The van der Waals surface area contributed by atoms with Gasteiger partial charge in [0.05, 0.1) is 0 Å². The summed E-state index contributed by atoms with van der Waals surface area (Å²) in [4.78, 5) is 0. The molecule has 2 nitrogen and oxygen atoms in total. The fraction of sp³-hybridized carbons (Fsp3) is 0.571. The highest BCUT2D eigenvalue weighted by Gasteiger charge is 2.02. The summed E-state index contributed by atoms with van der Waals surface area (Å²) >= 11 is 0. The molecule has 0 radical (unpaired) electrons. The van der Waals surface area contributed by atoms with Gasteiger partial charge in [-0.05, 0) is 57.0 Å². The zero-order valence-electron chi connectivity index (χ0n) is 10.8. The first kappa shape index (κ1) is 13.0. The van der Waals surface area contributed by atoms with Gasteiger partial charge in [-0.2, -0.15) is 0 Å². The molecule has 0 aliphatic rings. The van der Waals surface area contributed by atoms with Crippen LogP contribution in [0.5, 0.6) is 5.75 Å². The summed E-state index contributed by atoms with van der Waals surface area (Å²) in [7, 11) is 0. The maximum atomic E-state index is 5.74. The van der Waals surface area contributed by atoms with E-state index < -0.39 is 0 Å². The standard InChI is InChI=1S/C14H23NO/c1-5-8-15-13(4)10-16-14-7-6-11(2)12(3)9-14/h6-7,9,13,15H,5,8,10H2,1-4H3. The number of nitrogens with one attached hydrogen (secondary N) is 1. The molecule has 2 heteroatoms. The molecule has 0 bridgehead atoms. The topological polar surface area (TPSA) is 21.3 Å². The molecule has 0 heterocycles. The second kappa shape index (κ2) is 6.54. The second-order valence-corrected chi connectivity index (χ2v) is 4.41. The molecule has 0 aromatic heterocycles. The number of hydrogen-bond donors (Lipinski definition) is 1. The molecule has 1 aromatic rings. The highest BCUT2D eigenvalue weighted by Crippen LogP contribution is 2.16. The maximum absolute atomic E-state index is 5.74. The van der Waals surface area contributed by atoms with Crippen LogP contribution in [0.4, 0.5) is 0 Å². The molecule has 90 valence electrons. The third kappa shape index (κ3) is 4.23. The Morgan fingerprint density at radius 2 is 2.00 bits per heavy atom. The van der Waals surface area contributed by atoms with E-state index in [4.69, 9.17) is 4.74 Å². The molecule has 1 unspecified atom stereocenters. The quantitative estimate of drug-likeness (QED) is 0.797. The average molecular weight is 221 g/mol. The summed E-state index contributed by atoms with van der Waals surface area (Å²) in [6.45, 7) is 10.3. The van der Waals surface area contributed by atoms with E-state index in [9.17, 15) is 0 Å². The van der Waals surface area contributed by atoms with Gasteiger partial charge in [0, 0.05) is 6.04 Å². The molecule has 0 aliphatic heterocycles. The van der Waals surface area contributed by atoms with E-state index in [-0.39, 0.29) is 0 Å². The lowest BCUT2D eigenvalue weighted by atomic mass is 10.1. The summed E-state index contributed by atoms with van der Waals surface area (Å²) in [6, 6.07) is 6.65. The van der Waals surface area contributed by atoms with Crippen molar-refractivity contribution in [1.82, 2.24) is 5.32 Å². The lowest BCUT2D eigenvalue weighted by Crippen LogP contribution is -2.32. The van der Waals surface area contributed by atoms with Crippen molar-refractivity contribution in [2.45, 2.75) is 40.2 Å². The summed E-state index contributed by atoms with van der Waals surface area (Å²) in [5.41, 5.74) is 2.59. The fourth-order valence-electron chi connectivity index (χ4n) is 1.47. The van der Waals surface area contributed by atoms with Gasteiger partial charge in [-0.3, -0.25) is 0 Å². The number of aryl methyl sites for hydroxylation is 2. The molecule has 0 aliphatic carbocycles. The predicted molar refractivity (Wildman–Crippen MR) is 69.2 cm³/mol.